The lowest BCUT2D eigenvalue weighted by Gasteiger charge is -2.30. The van der Waals surface area contributed by atoms with Gasteiger partial charge in [-0.15, -0.1) is 0 Å². The fraction of sp³-hybridized carbons (Fsp3) is 0.462. The van der Waals surface area contributed by atoms with Gasteiger partial charge in [0.1, 0.15) is 4.90 Å². The summed E-state index contributed by atoms with van der Waals surface area (Å²) in [7, 11) is -3.74. The fourth-order valence-electron chi connectivity index (χ4n) is 2.34. The van der Waals surface area contributed by atoms with Gasteiger partial charge in [0.05, 0.1) is 10.6 Å². The van der Waals surface area contributed by atoms with Crippen LogP contribution in [0, 0.1) is 5.92 Å². The third-order valence-corrected chi connectivity index (χ3v) is 5.76. The number of piperidine rings is 1. The highest BCUT2D eigenvalue weighted by molar-refractivity contribution is 7.89. The highest BCUT2D eigenvalue weighted by Gasteiger charge is 2.30. The molecule has 0 aromatic heterocycles. The Labute approximate surface area is 123 Å². The van der Waals surface area contributed by atoms with Gasteiger partial charge in [-0.25, -0.2) is 13.2 Å². The molecule has 0 bridgehead atoms. The summed E-state index contributed by atoms with van der Waals surface area (Å²) >= 11 is 5.94. The molecule has 0 unspecified atom stereocenters. The van der Waals surface area contributed by atoms with Crippen LogP contribution in [-0.2, 0) is 10.0 Å². The number of sulfonamides is 1. The van der Waals surface area contributed by atoms with Crippen LogP contribution in [0.5, 0.6) is 0 Å². The van der Waals surface area contributed by atoms with Crippen molar-refractivity contribution in [1.82, 2.24) is 4.31 Å². The zero-order valence-electron chi connectivity index (χ0n) is 11.0. The number of aromatic carboxylic acids is 1. The molecule has 1 atom stereocenters. The molecule has 0 radical (unpaired) electrons. The van der Waals surface area contributed by atoms with Gasteiger partial charge in [-0.1, -0.05) is 18.5 Å². The fourth-order valence-corrected chi connectivity index (χ4v) is 4.44. The van der Waals surface area contributed by atoms with E-state index in [1.165, 1.54) is 16.4 Å². The van der Waals surface area contributed by atoms with Gasteiger partial charge in [0, 0.05) is 13.1 Å². The van der Waals surface area contributed by atoms with Gasteiger partial charge in [0.25, 0.3) is 0 Å². The van der Waals surface area contributed by atoms with Crippen LogP contribution in [0.1, 0.15) is 30.1 Å². The first-order valence-electron chi connectivity index (χ1n) is 6.35. The molecule has 1 aromatic rings. The summed E-state index contributed by atoms with van der Waals surface area (Å²) in [4.78, 5) is 10.8. The van der Waals surface area contributed by atoms with Crippen LogP contribution in [0.15, 0.2) is 23.1 Å². The minimum Gasteiger partial charge on any atom is -0.478 e. The molecule has 0 saturated carbocycles. The summed E-state index contributed by atoms with van der Waals surface area (Å²) in [5, 5.41) is 9.02. The average Bonchev–Trinajstić information content (AvgIpc) is 2.38. The van der Waals surface area contributed by atoms with E-state index in [1.54, 1.807) is 0 Å². The highest BCUT2D eigenvalue weighted by Crippen LogP contribution is 2.29. The molecule has 1 aliphatic heterocycles. The molecule has 1 N–H and O–H groups in total. The Balaban J connectivity index is 2.43. The predicted molar refractivity (Wildman–Crippen MR) is 75.6 cm³/mol. The van der Waals surface area contributed by atoms with E-state index in [0.717, 1.165) is 18.9 Å². The first-order chi connectivity index (χ1) is 9.32. The third-order valence-electron chi connectivity index (χ3n) is 3.42. The molecule has 5 nitrogen and oxygen atoms in total. The predicted octanol–water partition coefficient (Wildman–Crippen LogP) is 2.46. The van der Waals surface area contributed by atoms with Crippen LogP contribution in [0.2, 0.25) is 5.02 Å². The molecule has 20 heavy (non-hydrogen) atoms. The zero-order chi connectivity index (χ0) is 14.9. The average molecular weight is 318 g/mol. The minimum atomic E-state index is -3.74. The molecule has 1 fully saturated rings. The van der Waals surface area contributed by atoms with Crippen LogP contribution in [0.3, 0.4) is 0 Å². The Morgan fingerprint density at radius 3 is 2.75 bits per heavy atom. The molecule has 0 aliphatic carbocycles. The summed E-state index contributed by atoms with van der Waals surface area (Å²) in [5.74, 6) is -0.884. The molecular weight excluding hydrogens is 302 g/mol. The number of carboxylic acids is 1. The first kappa shape index (κ1) is 15.3. The van der Waals surface area contributed by atoms with Gasteiger partial charge >= 0.3 is 5.97 Å². The van der Waals surface area contributed by atoms with Crippen LogP contribution in [0.25, 0.3) is 0 Å². The maximum Gasteiger partial charge on any atom is 0.335 e. The third kappa shape index (κ3) is 2.97. The molecule has 2 rings (SSSR count). The zero-order valence-corrected chi connectivity index (χ0v) is 12.6. The van der Waals surface area contributed by atoms with Crippen molar-refractivity contribution in [2.24, 2.45) is 5.92 Å². The number of nitrogens with zero attached hydrogens (tertiary/aromatic N) is 1. The van der Waals surface area contributed by atoms with Gasteiger partial charge in [0.15, 0.2) is 0 Å². The second-order valence-corrected chi connectivity index (χ2v) is 7.37. The molecule has 1 heterocycles. The van der Waals surface area contributed by atoms with Crippen molar-refractivity contribution < 1.29 is 18.3 Å². The topological polar surface area (TPSA) is 74.7 Å². The molecule has 0 amide bonds. The Bertz CT molecular complexity index is 629. The number of halogens is 1. The van der Waals surface area contributed by atoms with Crippen molar-refractivity contribution >= 4 is 27.6 Å². The number of hydrogen-bond acceptors (Lipinski definition) is 3. The molecule has 0 spiro atoms. The van der Waals surface area contributed by atoms with E-state index in [4.69, 9.17) is 16.7 Å². The minimum absolute atomic E-state index is 0.0493. The number of rotatable bonds is 3. The summed E-state index contributed by atoms with van der Waals surface area (Å²) < 4.78 is 26.5. The number of carbonyl (C=O) groups is 1. The lowest BCUT2D eigenvalue weighted by atomic mass is 10.0. The normalized spacial score (nSPS) is 20.8. The highest BCUT2D eigenvalue weighted by atomic mass is 35.5. The monoisotopic (exact) mass is 317 g/mol. The summed E-state index contributed by atoms with van der Waals surface area (Å²) in [6.45, 7) is 2.88. The number of carboxylic acid groups (broad SMARTS) is 1. The Kier molecular flexibility index (Phi) is 4.36. The van der Waals surface area contributed by atoms with Crippen molar-refractivity contribution in [2.75, 3.05) is 13.1 Å². The van der Waals surface area contributed by atoms with E-state index in [1.807, 2.05) is 6.92 Å². The second kappa shape index (κ2) is 5.71. The van der Waals surface area contributed by atoms with Crippen LogP contribution < -0.4 is 0 Å². The van der Waals surface area contributed by atoms with E-state index in [2.05, 4.69) is 0 Å². The first-order valence-corrected chi connectivity index (χ1v) is 8.17. The largest absolute Gasteiger partial charge is 0.478 e. The van der Waals surface area contributed by atoms with Crippen LogP contribution in [0.4, 0.5) is 0 Å². The van der Waals surface area contributed by atoms with Crippen molar-refractivity contribution in [3.8, 4) is 0 Å². The van der Waals surface area contributed by atoms with Gasteiger partial charge in [-0.2, -0.15) is 4.31 Å². The van der Waals surface area contributed by atoms with Gasteiger partial charge in [-0.3, -0.25) is 0 Å². The van der Waals surface area contributed by atoms with Gasteiger partial charge < -0.3 is 5.11 Å². The summed E-state index contributed by atoms with van der Waals surface area (Å²) in [5.41, 5.74) is -0.0852. The van der Waals surface area contributed by atoms with E-state index >= 15 is 0 Å². The van der Waals surface area contributed by atoms with Gasteiger partial charge in [0.2, 0.25) is 10.0 Å². The van der Waals surface area contributed by atoms with Crippen molar-refractivity contribution in [1.29, 1.82) is 0 Å². The molecule has 110 valence electrons. The SMILES string of the molecule is C[C@H]1CCCN(S(=O)(=O)c2cc(C(=O)O)ccc2Cl)C1. The van der Waals surface area contributed by atoms with Crippen LogP contribution in [-0.4, -0.2) is 36.9 Å². The molecule has 1 saturated heterocycles. The van der Waals surface area contributed by atoms with E-state index in [9.17, 15) is 13.2 Å². The van der Waals surface area contributed by atoms with E-state index in [0.29, 0.717) is 19.0 Å². The lowest BCUT2D eigenvalue weighted by molar-refractivity contribution is 0.0696. The van der Waals surface area contributed by atoms with Gasteiger partial charge in [-0.05, 0) is 37.0 Å². The Morgan fingerprint density at radius 2 is 2.15 bits per heavy atom. The van der Waals surface area contributed by atoms with Crippen molar-refractivity contribution in [2.45, 2.75) is 24.7 Å². The van der Waals surface area contributed by atoms with E-state index in [-0.39, 0.29) is 15.5 Å². The number of benzene rings is 1. The molecule has 1 aliphatic rings. The number of hydrogen-bond donors (Lipinski definition) is 1. The molecule has 7 heteroatoms. The maximum atomic E-state index is 12.6. The van der Waals surface area contributed by atoms with Crippen LogP contribution >= 0.6 is 11.6 Å². The van der Waals surface area contributed by atoms with Crippen molar-refractivity contribution in [3.63, 3.8) is 0 Å². The quantitative estimate of drug-likeness (QED) is 0.929. The standard InChI is InChI=1S/C13H16ClNO4S/c1-9-3-2-6-15(8-9)20(18,19)12-7-10(13(16)17)4-5-11(12)14/h4-5,7,9H,2-3,6,8H2,1H3,(H,16,17)/t9-/m0/s1. The second-order valence-electron chi connectivity index (χ2n) is 5.06. The molecular formula is C13H16ClNO4S. The summed E-state index contributed by atoms with van der Waals surface area (Å²) in [6, 6.07) is 3.73. The summed E-state index contributed by atoms with van der Waals surface area (Å²) in [6.07, 6.45) is 1.80. The smallest absolute Gasteiger partial charge is 0.335 e. The maximum absolute atomic E-state index is 12.6. The Hall–Kier alpha value is -1.11. The molecule has 1 aromatic carbocycles. The Morgan fingerprint density at radius 1 is 1.45 bits per heavy atom. The van der Waals surface area contributed by atoms with E-state index < -0.39 is 16.0 Å². The van der Waals surface area contributed by atoms with Crippen molar-refractivity contribution in [3.05, 3.63) is 28.8 Å². The lowest BCUT2D eigenvalue weighted by Crippen LogP contribution is -2.39.